The number of nitrogens with zero attached hydrogens (tertiary/aromatic N) is 3. The van der Waals surface area contributed by atoms with Crippen LogP contribution >= 0.6 is 0 Å². The number of hydrogen-bond acceptors (Lipinski definition) is 4. The van der Waals surface area contributed by atoms with Gasteiger partial charge >= 0.3 is 0 Å². The molecule has 0 radical (unpaired) electrons. The van der Waals surface area contributed by atoms with Gasteiger partial charge in [0, 0.05) is 38.2 Å². The van der Waals surface area contributed by atoms with Crippen LogP contribution in [0.1, 0.15) is 49.9 Å². The first-order valence-corrected chi connectivity index (χ1v) is 7.49. The number of aromatic nitrogens is 1. The van der Waals surface area contributed by atoms with Crippen LogP contribution in [-0.4, -0.2) is 51.9 Å². The van der Waals surface area contributed by atoms with Crippen LogP contribution in [-0.2, 0) is 4.79 Å². The second kappa shape index (κ2) is 6.28. The molecule has 2 atom stereocenters. The number of aryl methyl sites for hydroxylation is 1. The van der Waals surface area contributed by atoms with Gasteiger partial charge < -0.3 is 14.3 Å². The molecule has 1 fully saturated rings. The molecule has 2 heterocycles. The number of rotatable bonds is 3. The van der Waals surface area contributed by atoms with E-state index in [9.17, 15) is 9.59 Å². The van der Waals surface area contributed by atoms with Crippen molar-refractivity contribution in [3.05, 3.63) is 17.5 Å². The standard InChI is InChI=1S/C15H23N3O3/c1-5-12-9-18(13(6-2)8-17(12)11(4)19)15(20)14-7-10(3)21-16-14/h7,12-13H,5-6,8-9H2,1-4H3. The van der Waals surface area contributed by atoms with E-state index in [-0.39, 0.29) is 23.9 Å². The van der Waals surface area contributed by atoms with Crippen molar-refractivity contribution in [3.8, 4) is 0 Å². The first-order chi connectivity index (χ1) is 9.97. The van der Waals surface area contributed by atoms with E-state index in [2.05, 4.69) is 5.16 Å². The van der Waals surface area contributed by atoms with E-state index in [1.165, 1.54) is 0 Å². The van der Waals surface area contributed by atoms with E-state index in [1.54, 1.807) is 19.9 Å². The van der Waals surface area contributed by atoms with Crippen molar-refractivity contribution in [2.45, 2.75) is 52.6 Å². The van der Waals surface area contributed by atoms with Gasteiger partial charge in [0.25, 0.3) is 5.91 Å². The topological polar surface area (TPSA) is 66.7 Å². The van der Waals surface area contributed by atoms with Gasteiger partial charge in [0.2, 0.25) is 5.91 Å². The Morgan fingerprint density at radius 2 is 1.81 bits per heavy atom. The fraction of sp³-hybridized carbons (Fsp3) is 0.667. The van der Waals surface area contributed by atoms with E-state index in [0.29, 0.717) is 24.5 Å². The summed E-state index contributed by atoms with van der Waals surface area (Å²) < 4.78 is 5.00. The van der Waals surface area contributed by atoms with Gasteiger partial charge in [-0.3, -0.25) is 9.59 Å². The fourth-order valence-electron chi connectivity index (χ4n) is 2.90. The van der Waals surface area contributed by atoms with Gasteiger partial charge in [-0.2, -0.15) is 0 Å². The highest BCUT2D eigenvalue weighted by atomic mass is 16.5. The maximum atomic E-state index is 12.6. The molecule has 1 aromatic rings. The molecule has 6 nitrogen and oxygen atoms in total. The van der Waals surface area contributed by atoms with Crippen molar-refractivity contribution in [2.24, 2.45) is 0 Å². The lowest BCUT2D eigenvalue weighted by atomic mass is 10.0. The number of hydrogen-bond donors (Lipinski definition) is 0. The summed E-state index contributed by atoms with van der Waals surface area (Å²) >= 11 is 0. The minimum atomic E-state index is -0.111. The Labute approximate surface area is 125 Å². The summed E-state index contributed by atoms with van der Waals surface area (Å²) in [6.07, 6.45) is 1.64. The molecule has 0 saturated carbocycles. The lowest BCUT2D eigenvalue weighted by molar-refractivity contribution is -0.135. The van der Waals surface area contributed by atoms with Crippen molar-refractivity contribution in [3.63, 3.8) is 0 Å². The van der Waals surface area contributed by atoms with Gasteiger partial charge in [0.15, 0.2) is 5.69 Å². The lowest BCUT2D eigenvalue weighted by Crippen LogP contribution is -2.60. The molecule has 1 aromatic heterocycles. The van der Waals surface area contributed by atoms with E-state index in [0.717, 1.165) is 12.8 Å². The number of carbonyl (C=O) groups excluding carboxylic acids is 2. The number of amides is 2. The SMILES string of the molecule is CCC1CN(C(=O)c2cc(C)on2)C(CC)CN1C(C)=O. The average molecular weight is 293 g/mol. The highest BCUT2D eigenvalue weighted by molar-refractivity contribution is 5.92. The van der Waals surface area contributed by atoms with Crippen LogP contribution in [0.4, 0.5) is 0 Å². The molecule has 0 N–H and O–H groups in total. The maximum Gasteiger partial charge on any atom is 0.276 e. The maximum absolute atomic E-state index is 12.6. The van der Waals surface area contributed by atoms with Gasteiger partial charge in [0.1, 0.15) is 5.76 Å². The summed E-state index contributed by atoms with van der Waals surface area (Å²) in [7, 11) is 0. The molecule has 1 aliphatic rings. The molecule has 116 valence electrons. The smallest absolute Gasteiger partial charge is 0.276 e. The second-order valence-electron chi connectivity index (χ2n) is 5.58. The minimum Gasteiger partial charge on any atom is -0.361 e. The van der Waals surface area contributed by atoms with E-state index >= 15 is 0 Å². The second-order valence-corrected chi connectivity index (χ2v) is 5.58. The third kappa shape index (κ3) is 3.09. The zero-order valence-corrected chi connectivity index (χ0v) is 13.1. The number of piperazine rings is 1. The van der Waals surface area contributed by atoms with Gasteiger partial charge in [-0.15, -0.1) is 0 Å². The monoisotopic (exact) mass is 293 g/mol. The average Bonchev–Trinajstić information content (AvgIpc) is 2.91. The zero-order valence-electron chi connectivity index (χ0n) is 13.1. The van der Waals surface area contributed by atoms with Crippen LogP contribution < -0.4 is 0 Å². The minimum absolute atomic E-state index is 0.0289. The summed E-state index contributed by atoms with van der Waals surface area (Å²) in [6, 6.07) is 1.76. The first kappa shape index (κ1) is 15.5. The molecule has 0 aromatic carbocycles. The first-order valence-electron chi connectivity index (χ1n) is 7.49. The molecule has 2 unspecified atom stereocenters. The van der Waals surface area contributed by atoms with Crippen molar-refractivity contribution in [1.29, 1.82) is 0 Å². The Bertz CT molecular complexity index is 526. The molecule has 0 aliphatic carbocycles. The molecular formula is C15H23N3O3. The van der Waals surface area contributed by atoms with E-state index in [1.807, 2.05) is 23.6 Å². The quantitative estimate of drug-likeness (QED) is 0.853. The molecule has 1 aliphatic heterocycles. The Balaban J connectivity index is 2.22. The summed E-state index contributed by atoms with van der Waals surface area (Å²) in [5.41, 5.74) is 0.345. The zero-order chi connectivity index (χ0) is 15.6. The van der Waals surface area contributed by atoms with Crippen LogP contribution in [0, 0.1) is 6.92 Å². The van der Waals surface area contributed by atoms with Crippen LogP contribution in [0.3, 0.4) is 0 Å². The highest BCUT2D eigenvalue weighted by Gasteiger charge is 2.36. The normalized spacial score (nSPS) is 22.5. The van der Waals surface area contributed by atoms with Crippen LogP contribution in [0.15, 0.2) is 10.6 Å². The van der Waals surface area contributed by atoms with Crippen LogP contribution in [0.2, 0.25) is 0 Å². The molecule has 6 heteroatoms. The third-order valence-corrected chi connectivity index (χ3v) is 4.15. The Hall–Kier alpha value is -1.85. The van der Waals surface area contributed by atoms with Gasteiger partial charge in [0.05, 0.1) is 0 Å². The van der Waals surface area contributed by atoms with E-state index in [4.69, 9.17) is 4.52 Å². The highest BCUT2D eigenvalue weighted by Crippen LogP contribution is 2.22. The van der Waals surface area contributed by atoms with Crippen molar-refractivity contribution in [2.75, 3.05) is 13.1 Å². The molecule has 2 amide bonds. The van der Waals surface area contributed by atoms with Crippen LogP contribution in [0.25, 0.3) is 0 Å². The van der Waals surface area contributed by atoms with Gasteiger partial charge in [-0.1, -0.05) is 19.0 Å². The lowest BCUT2D eigenvalue weighted by Gasteiger charge is -2.45. The third-order valence-electron chi connectivity index (χ3n) is 4.15. The Kier molecular flexibility index (Phi) is 4.65. The number of carbonyl (C=O) groups is 2. The molecule has 1 saturated heterocycles. The molecule has 0 bridgehead atoms. The largest absolute Gasteiger partial charge is 0.361 e. The van der Waals surface area contributed by atoms with Crippen LogP contribution in [0.5, 0.6) is 0 Å². The van der Waals surface area contributed by atoms with Crippen molar-refractivity contribution < 1.29 is 14.1 Å². The van der Waals surface area contributed by atoms with Gasteiger partial charge in [-0.05, 0) is 19.8 Å². The Morgan fingerprint density at radius 1 is 1.24 bits per heavy atom. The fourth-order valence-corrected chi connectivity index (χ4v) is 2.90. The van der Waals surface area contributed by atoms with Crippen molar-refractivity contribution in [1.82, 2.24) is 15.0 Å². The predicted molar refractivity (Wildman–Crippen MR) is 77.8 cm³/mol. The molecule has 2 rings (SSSR count). The summed E-state index contributed by atoms with van der Waals surface area (Å²) in [4.78, 5) is 28.1. The van der Waals surface area contributed by atoms with Crippen molar-refractivity contribution >= 4 is 11.8 Å². The molecule has 0 spiro atoms. The summed E-state index contributed by atoms with van der Waals surface area (Å²) in [6.45, 7) is 8.57. The summed E-state index contributed by atoms with van der Waals surface area (Å²) in [5, 5.41) is 3.82. The summed E-state index contributed by atoms with van der Waals surface area (Å²) in [5.74, 6) is 0.589. The Morgan fingerprint density at radius 3 is 2.29 bits per heavy atom. The molecular weight excluding hydrogens is 270 g/mol. The molecule has 21 heavy (non-hydrogen) atoms. The van der Waals surface area contributed by atoms with E-state index < -0.39 is 0 Å². The van der Waals surface area contributed by atoms with Gasteiger partial charge in [-0.25, -0.2) is 0 Å². The predicted octanol–water partition coefficient (Wildman–Crippen LogP) is 1.84.